The summed E-state index contributed by atoms with van der Waals surface area (Å²) in [7, 11) is 1.75. The Balaban J connectivity index is 1.99. The Morgan fingerprint density at radius 2 is 2.15 bits per heavy atom. The number of thiophene rings is 1. The fraction of sp³-hybridized carbons (Fsp3) is 0.412. The first-order valence-corrected chi connectivity index (χ1v) is 8.13. The molecule has 1 heterocycles. The molecule has 106 valence electrons. The van der Waals surface area contributed by atoms with Gasteiger partial charge >= 0.3 is 0 Å². The molecule has 1 aromatic carbocycles. The van der Waals surface area contributed by atoms with E-state index in [9.17, 15) is 0 Å². The van der Waals surface area contributed by atoms with Crippen LogP contribution in [-0.2, 0) is 12.8 Å². The normalized spacial score (nSPS) is 15.1. The quantitative estimate of drug-likeness (QED) is 0.899. The van der Waals surface area contributed by atoms with Gasteiger partial charge in [-0.1, -0.05) is 25.1 Å². The Labute approximate surface area is 124 Å². The van der Waals surface area contributed by atoms with Crippen molar-refractivity contribution in [2.75, 3.05) is 13.7 Å². The van der Waals surface area contributed by atoms with E-state index in [0.717, 1.165) is 12.3 Å². The Kier molecular flexibility index (Phi) is 4.08. The number of methoxy groups -OCH3 is 1. The minimum Gasteiger partial charge on any atom is -0.496 e. The molecule has 0 saturated carbocycles. The minimum absolute atomic E-state index is 0.242. The predicted octanol–water partition coefficient (Wildman–Crippen LogP) is 3.94. The van der Waals surface area contributed by atoms with E-state index in [0.29, 0.717) is 0 Å². The maximum Gasteiger partial charge on any atom is 0.124 e. The number of ether oxygens (including phenoxy) is 1. The van der Waals surface area contributed by atoms with Crippen LogP contribution in [-0.4, -0.2) is 13.7 Å². The van der Waals surface area contributed by atoms with Crippen LogP contribution in [0.3, 0.4) is 0 Å². The molecule has 3 heteroatoms. The molecule has 0 amide bonds. The van der Waals surface area contributed by atoms with Crippen LogP contribution in [0.5, 0.6) is 5.75 Å². The zero-order chi connectivity index (χ0) is 13.9. The van der Waals surface area contributed by atoms with Crippen molar-refractivity contribution < 1.29 is 4.74 Å². The fourth-order valence-corrected chi connectivity index (χ4v) is 4.32. The highest BCUT2D eigenvalue weighted by atomic mass is 32.1. The lowest BCUT2D eigenvalue weighted by Gasteiger charge is -2.19. The molecule has 1 aliphatic carbocycles. The topological polar surface area (TPSA) is 21.3 Å². The monoisotopic (exact) mass is 287 g/mol. The van der Waals surface area contributed by atoms with E-state index in [2.05, 4.69) is 30.4 Å². The van der Waals surface area contributed by atoms with Crippen molar-refractivity contribution in [3.05, 3.63) is 51.2 Å². The summed E-state index contributed by atoms with van der Waals surface area (Å²) in [6.45, 7) is 3.11. The van der Waals surface area contributed by atoms with Crippen LogP contribution in [0.1, 0.15) is 40.3 Å². The van der Waals surface area contributed by atoms with Gasteiger partial charge in [-0.3, -0.25) is 0 Å². The summed E-state index contributed by atoms with van der Waals surface area (Å²) < 4.78 is 5.54. The number of nitrogens with one attached hydrogen (secondary N) is 1. The van der Waals surface area contributed by atoms with E-state index in [4.69, 9.17) is 4.74 Å². The van der Waals surface area contributed by atoms with Crippen molar-refractivity contribution in [3.8, 4) is 5.75 Å². The largest absolute Gasteiger partial charge is 0.496 e. The molecule has 2 nitrogen and oxygen atoms in total. The summed E-state index contributed by atoms with van der Waals surface area (Å²) in [6.07, 6.45) is 3.82. The van der Waals surface area contributed by atoms with Crippen LogP contribution < -0.4 is 10.1 Å². The zero-order valence-electron chi connectivity index (χ0n) is 12.1. The Morgan fingerprint density at radius 3 is 2.90 bits per heavy atom. The highest BCUT2D eigenvalue weighted by molar-refractivity contribution is 7.12. The van der Waals surface area contributed by atoms with E-state index in [-0.39, 0.29) is 6.04 Å². The van der Waals surface area contributed by atoms with Crippen molar-refractivity contribution in [2.45, 2.75) is 32.2 Å². The van der Waals surface area contributed by atoms with E-state index in [1.54, 1.807) is 17.6 Å². The van der Waals surface area contributed by atoms with Crippen LogP contribution >= 0.6 is 11.3 Å². The molecule has 0 saturated heterocycles. The summed E-state index contributed by atoms with van der Waals surface area (Å²) in [4.78, 5) is 3.00. The van der Waals surface area contributed by atoms with Gasteiger partial charge in [0.2, 0.25) is 0 Å². The fourth-order valence-electron chi connectivity index (χ4n) is 2.97. The smallest absolute Gasteiger partial charge is 0.124 e. The van der Waals surface area contributed by atoms with Crippen LogP contribution in [0.2, 0.25) is 0 Å². The highest BCUT2D eigenvalue weighted by Gasteiger charge is 2.22. The van der Waals surface area contributed by atoms with Gasteiger partial charge in [-0.2, -0.15) is 0 Å². The summed E-state index contributed by atoms with van der Waals surface area (Å²) >= 11 is 1.97. The second-order valence-electron chi connectivity index (χ2n) is 5.18. The first kappa shape index (κ1) is 13.7. The maximum absolute atomic E-state index is 5.54. The van der Waals surface area contributed by atoms with Gasteiger partial charge in [0, 0.05) is 15.3 Å². The van der Waals surface area contributed by atoms with Crippen LogP contribution in [0, 0.1) is 0 Å². The van der Waals surface area contributed by atoms with Crippen molar-refractivity contribution in [3.63, 3.8) is 0 Å². The second-order valence-corrected chi connectivity index (χ2v) is 6.35. The van der Waals surface area contributed by atoms with Gasteiger partial charge < -0.3 is 10.1 Å². The molecule has 0 fully saturated rings. The van der Waals surface area contributed by atoms with Crippen molar-refractivity contribution in [2.24, 2.45) is 0 Å². The first-order chi connectivity index (χ1) is 9.83. The van der Waals surface area contributed by atoms with E-state index >= 15 is 0 Å². The molecule has 2 aromatic rings. The SMILES string of the molecule is CCNC(c1cc2c(s1)CCC2)c1ccccc1OC. The number of hydrogen-bond donors (Lipinski definition) is 1. The molecular formula is C17H21NOS. The average molecular weight is 287 g/mol. The summed E-state index contributed by atoms with van der Waals surface area (Å²) in [5.74, 6) is 0.965. The van der Waals surface area contributed by atoms with Crippen molar-refractivity contribution in [1.82, 2.24) is 5.32 Å². The number of fused-ring (bicyclic) bond motifs is 1. The lowest BCUT2D eigenvalue weighted by Crippen LogP contribution is -2.21. The molecule has 3 rings (SSSR count). The molecule has 1 atom stereocenters. The van der Waals surface area contributed by atoms with Gasteiger partial charge in [-0.15, -0.1) is 11.3 Å². The number of rotatable bonds is 5. The predicted molar refractivity (Wildman–Crippen MR) is 84.9 cm³/mol. The molecule has 1 N–H and O–H groups in total. The summed E-state index contributed by atoms with van der Waals surface area (Å²) in [6, 6.07) is 11.0. The third-order valence-corrected chi connectivity index (χ3v) is 5.21. The molecule has 0 bridgehead atoms. The molecule has 1 unspecified atom stereocenters. The van der Waals surface area contributed by atoms with Gasteiger partial charge in [-0.25, -0.2) is 0 Å². The van der Waals surface area contributed by atoms with E-state index in [1.165, 1.54) is 29.7 Å². The zero-order valence-corrected chi connectivity index (χ0v) is 12.9. The molecule has 1 aliphatic rings. The van der Waals surface area contributed by atoms with Gasteiger partial charge in [0.25, 0.3) is 0 Å². The number of hydrogen-bond acceptors (Lipinski definition) is 3. The number of aryl methyl sites for hydroxylation is 2. The van der Waals surface area contributed by atoms with Gasteiger partial charge in [0.15, 0.2) is 0 Å². The Bertz CT molecular complexity index is 569. The number of benzene rings is 1. The van der Waals surface area contributed by atoms with Gasteiger partial charge in [-0.05, 0) is 43.5 Å². The van der Waals surface area contributed by atoms with Crippen LogP contribution in [0.25, 0.3) is 0 Å². The second kappa shape index (κ2) is 5.98. The highest BCUT2D eigenvalue weighted by Crippen LogP contribution is 2.38. The van der Waals surface area contributed by atoms with Gasteiger partial charge in [0.1, 0.15) is 5.75 Å². The number of para-hydroxylation sites is 1. The van der Waals surface area contributed by atoms with E-state index < -0.39 is 0 Å². The summed E-state index contributed by atoms with van der Waals surface area (Å²) in [5, 5.41) is 3.61. The molecule has 20 heavy (non-hydrogen) atoms. The van der Waals surface area contributed by atoms with Crippen LogP contribution in [0.4, 0.5) is 0 Å². The Morgan fingerprint density at radius 1 is 1.30 bits per heavy atom. The first-order valence-electron chi connectivity index (χ1n) is 7.31. The minimum atomic E-state index is 0.242. The molecule has 1 aromatic heterocycles. The maximum atomic E-state index is 5.54. The molecule has 0 aliphatic heterocycles. The molecular weight excluding hydrogens is 266 g/mol. The van der Waals surface area contributed by atoms with Gasteiger partial charge in [0.05, 0.1) is 13.2 Å². The third-order valence-electron chi connectivity index (χ3n) is 3.91. The molecule has 0 radical (unpaired) electrons. The summed E-state index contributed by atoms with van der Waals surface area (Å²) in [5.41, 5.74) is 2.79. The van der Waals surface area contributed by atoms with Crippen LogP contribution in [0.15, 0.2) is 30.3 Å². The average Bonchev–Trinajstić information content (AvgIpc) is 3.06. The standard InChI is InChI=1S/C17H21NOS/c1-3-18-17(13-8-4-5-9-14(13)19-2)16-11-12-7-6-10-15(12)20-16/h4-5,8-9,11,17-18H,3,6-7,10H2,1-2H3. The van der Waals surface area contributed by atoms with Crippen molar-refractivity contribution >= 4 is 11.3 Å². The lowest BCUT2D eigenvalue weighted by molar-refractivity contribution is 0.404. The third kappa shape index (κ3) is 2.48. The molecule has 0 spiro atoms. The Hall–Kier alpha value is -1.32. The lowest BCUT2D eigenvalue weighted by atomic mass is 10.0. The van der Waals surface area contributed by atoms with Crippen molar-refractivity contribution in [1.29, 1.82) is 0 Å². The van der Waals surface area contributed by atoms with E-state index in [1.807, 2.05) is 23.5 Å².